The summed E-state index contributed by atoms with van der Waals surface area (Å²) in [5.74, 6) is 1.07. The van der Waals surface area contributed by atoms with Crippen LogP contribution >= 0.6 is 34.8 Å². The average molecular weight is 289 g/mol. The zero-order valence-corrected chi connectivity index (χ0v) is 10.9. The number of ether oxygens (including phenoxy) is 1. The van der Waals surface area contributed by atoms with Crippen molar-refractivity contribution in [1.82, 2.24) is 0 Å². The van der Waals surface area contributed by atoms with Crippen LogP contribution in [-0.4, -0.2) is 0 Å². The van der Waals surface area contributed by atoms with Crippen molar-refractivity contribution in [2.45, 2.75) is 0 Å². The molecule has 0 saturated carbocycles. The number of rotatable bonds is 2. The molecule has 0 heterocycles. The zero-order valence-electron chi connectivity index (χ0n) is 8.58. The first-order chi connectivity index (χ1) is 8.06. The summed E-state index contributed by atoms with van der Waals surface area (Å²) in [5, 5.41) is 1.18. The molecule has 88 valence electrons. The van der Waals surface area contributed by atoms with Gasteiger partial charge in [0.2, 0.25) is 0 Å². The summed E-state index contributed by atoms with van der Waals surface area (Å²) >= 11 is 17.7. The molecular formula is C12H8Cl3NO. The van der Waals surface area contributed by atoms with E-state index < -0.39 is 0 Å². The molecule has 0 saturated heterocycles. The molecule has 0 aliphatic heterocycles. The summed E-state index contributed by atoms with van der Waals surface area (Å²) in [6.07, 6.45) is 0. The minimum Gasteiger partial charge on any atom is -0.456 e. The van der Waals surface area contributed by atoms with Crippen molar-refractivity contribution in [3.05, 3.63) is 51.5 Å². The number of hydrogen-bond acceptors (Lipinski definition) is 2. The van der Waals surface area contributed by atoms with Gasteiger partial charge < -0.3 is 10.5 Å². The van der Waals surface area contributed by atoms with Crippen molar-refractivity contribution in [2.75, 3.05) is 5.73 Å². The molecule has 2 N–H and O–H groups in total. The SMILES string of the molecule is Nc1ccc(Oc2cc(Cl)c(Cl)cc2Cl)cc1. The third kappa shape index (κ3) is 2.97. The number of nitrogen functional groups attached to an aromatic ring is 1. The van der Waals surface area contributed by atoms with Gasteiger partial charge in [-0.3, -0.25) is 0 Å². The predicted molar refractivity (Wildman–Crippen MR) is 72.4 cm³/mol. The monoisotopic (exact) mass is 287 g/mol. The van der Waals surface area contributed by atoms with E-state index in [-0.39, 0.29) is 0 Å². The Morgan fingerprint density at radius 3 is 2.06 bits per heavy atom. The van der Waals surface area contributed by atoms with E-state index in [9.17, 15) is 0 Å². The van der Waals surface area contributed by atoms with Gasteiger partial charge >= 0.3 is 0 Å². The molecule has 0 atom stereocenters. The molecule has 0 bridgehead atoms. The molecule has 17 heavy (non-hydrogen) atoms. The van der Waals surface area contributed by atoms with Gasteiger partial charge in [-0.05, 0) is 30.3 Å². The Kier molecular flexibility index (Phi) is 3.67. The fourth-order valence-corrected chi connectivity index (χ4v) is 1.82. The summed E-state index contributed by atoms with van der Waals surface area (Å²) < 4.78 is 5.57. The fraction of sp³-hybridized carbons (Fsp3) is 0. The summed E-state index contributed by atoms with van der Waals surface area (Å²) in [6.45, 7) is 0. The highest BCUT2D eigenvalue weighted by Crippen LogP contribution is 2.36. The maximum Gasteiger partial charge on any atom is 0.147 e. The van der Waals surface area contributed by atoms with E-state index in [4.69, 9.17) is 45.3 Å². The molecule has 0 radical (unpaired) electrons. The highest BCUT2D eigenvalue weighted by Gasteiger charge is 2.08. The largest absolute Gasteiger partial charge is 0.456 e. The van der Waals surface area contributed by atoms with Crippen LogP contribution < -0.4 is 10.5 Å². The molecule has 0 aromatic heterocycles. The second kappa shape index (κ2) is 5.05. The summed E-state index contributed by atoms with van der Waals surface area (Å²) in [4.78, 5) is 0. The van der Waals surface area contributed by atoms with Gasteiger partial charge in [-0.2, -0.15) is 0 Å². The van der Waals surface area contributed by atoms with Gasteiger partial charge in [-0.1, -0.05) is 34.8 Å². The first-order valence-electron chi connectivity index (χ1n) is 4.74. The maximum atomic E-state index is 5.99. The van der Waals surface area contributed by atoms with E-state index in [0.29, 0.717) is 32.3 Å². The average Bonchev–Trinajstić information content (AvgIpc) is 2.29. The van der Waals surface area contributed by atoms with Crippen LogP contribution in [0.15, 0.2) is 36.4 Å². The zero-order chi connectivity index (χ0) is 12.4. The smallest absolute Gasteiger partial charge is 0.147 e. The Balaban J connectivity index is 2.30. The van der Waals surface area contributed by atoms with Crippen molar-refractivity contribution in [3.63, 3.8) is 0 Å². The number of halogens is 3. The molecule has 0 fully saturated rings. The summed E-state index contributed by atoms with van der Waals surface area (Å²) in [6, 6.07) is 10.1. The lowest BCUT2D eigenvalue weighted by atomic mass is 10.3. The van der Waals surface area contributed by atoms with E-state index in [1.165, 1.54) is 6.07 Å². The van der Waals surface area contributed by atoms with Gasteiger partial charge in [0.25, 0.3) is 0 Å². The predicted octanol–water partition coefficient (Wildman–Crippen LogP) is 5.02. The van der Waals surface area contributed by atoms with E-state index in [1.807, 2.05) is 0 Å². The van der Waals surface area contributed by atoms with Crippen molar-refractivity contribution >= 4 is 40.5 Å². The molecule has 0 aliphatic rings. The lowest BCUT2D eigenvalue weighted by molar-refractivity contribution is 0.483. The Morgan fingerprint density at radius 1 is 0.824 bits per heavy atom. The topological polar surface area (TPSA) is 35.2 Å². The fourth-order valence-electron chi connectivity index (χ4n) is 1.25. The Morgan fingerprint density at radius 2 is 1.41 bits per heavy atom. The van der Waals surface area contributed by atoms with Crippen LogP contribution in [0.1, 0.15) is 0 Å². The quantitative estimate of drug-likeness (QED) is 0.622. The van der Waals surface area contributed by atoms with E-state index in [0.717, 1.165) is 0 Å². The molecule has 2 aromatic carbocycles. The van der Waals surface area contributed by atoms with E-state index in [1.54, 1.807) is 30.3 Å². The van der Waals surface area contributed by atoms with Gasteiger partial charge in [0.1, 0.15) is 11.5 Å². The van der Waals surface area contributed by atoms with Crippen molar-refractivity contribution in [1.29, 1.82) is 0 Å². The number of anilines is 1. The van der Waals surface area contributed by atoms with Crippen LogP contribution in [-0.2, 0) is 0 Å². The second-order valence-electron chi connectivity index (χ2n) is 3.37. The maximum absolute atomic E-state index is 5.99. The minimum absolute atomic E-state index is 0.390. The van der Waals surface area contributed by atoms with Crippen molar-refractivity contribution in [2.24, 2.45) is 0 Å². The number of hydrogen-bond donors (Lipinski definition) is 1. The van der Waals surface area contributed by atoms with E-state index >= 15 is 0 Å². The van der Waals surface area contributed by atoms with Gasteiger partial charge in [0.15, 0.2) is 0 Å². The standard InChI is InChI=1S/C12H8Cl3NO/c13-9-5-11(15)12(6-10(9)14)17-8-3-1-7(16)2-4-8/h1-6H,16H2. The molecule has 2 rings (SSSR count). The van der Waals surface area contributed by atoms with Crippen LogP contribution in [0, 0.1) is 0 Å². The van der Waals surface area contributed by atoms with Crippen LogP contribution in [0.4, 0.5) is 5.69 Å². The Hall–Kier alpha value is -1.09. The molecule has 5 heteroatoms. The molecule has 0 unspecified atom stereocenters. The Bertz CT molecular complexity index is 540. The highest BCUT2D eigenvalue weighted by atomic mass is 35.5. The highest BCUT2D eigenvalue weighted by molar-refractivity contribution is 6.43. The number of benzene rings is 2. The number of nitrogens with two attached hydrogens (primary N) is 1. The third-order valence-electron chi connectivity index (χ3n) is 2.08. The summed E-state index contributed by atoms with van der Waals surface area (Å²) in [7, 11) is 0. The molecule has 0 amide bonds. The second-order valence-corrected chi connectivity index (χ2v) is 4.59. The van der Waals surface area contributed by atoms with Gasteiger partial charge in [0, 0.05) is 11.8 Å². The molecular weight excluding hydrogens is 280 g/mol. The van der Waals surface area contributed by atoms with Gasteiger partial charge in [-0.25, -0.2) is 0 Å². The minimum atomic E-state index is 0.390. The third-order valence-corrected chi connectivity index (χ3v) is 3.10. The van der Waals surface area contributed by atoms with Crippen LogP contribution in [0.25, 0.3) is 0 Å². The first-order valence-corrected chi connectivity index (χ1v) is 5.87. The Labute approximate surface area is 114 Å². The van der Waals surface area contributed by atoms with E-state index in [2.05, 4.69) is 0 Å². The van der Waals surface area contributed by atoms with Crippen LogP contribution in [0.5, 0.6) is 11.5 Å². The lowest BCUT2D eigenvalue weighted by Gasteiger charge is -2.09. The molecule has 2 nitrogen and oxygen atoms in total. The summed E-state index contributed by atoms with van der Waals surface area (Å²) in [5.41, 5.74) is 6.24. The van der Waals surface area contributed by atoms with Gasteiger partial charge in [0.05, 0.1) is 15.1 Å². The first kappa shape index (κ1) is 12.4. The van der Waals surface area contributed by atoms with Crippen molar-refractivity contribution in [3.8, 4) is 11.5 Å². The van der Waals surface area contributed by atoms with Crippen LogP contribution in [0.2, 0.25) is 15.1 Å². The van der Waals surface area contributed by atoms with Crippen LogP contribution in [0.3, 0.4) is 0 Å². The molecule has 0 aliphatic carbocycles. The lowest BCUT2D eigenvalue weighted by Crippen LogP contribution is -1.87. The molecule has 0 spiro atoms. The molecule has 2 aromatic rings. The normalized spacial score (nSPS) is 10.3. The van der Waals surface area contributed by atoms with Crippen molar-refractivity contribution < 1.29 is 4.74 Å². The van der Waals surface area contributed by atoms with Gasteiger partial charge in [-0.15, -0.1) is 0 Å².